The Balaban J connectivity index is 1.29. The topological polar surface area (TPSA) is 116 Å². The van der Waals surface area contributed by atoms with Gasteiger partial charge in [-0.3, -0.25) is 19.4 Å². The molecule has 11 heteroatoms. The number of benzene rings is 2. The Bertz CT molecular complexity index is 1370. The fourth-order valence-corrected chi connectivity index (χ4v) is 4.54. The molecular formula is C25H20FN5O4S. The summed E-state index contributed by atoms with van der Waals surface area (Å²) in [4.78, 5) is 48.7. The number of nitrogens with one attached hydrogen (secondary N) is 2. The normalized spacial score (nSPS) is 16.1. The lowest BCUT2D eigenvalue weighted by atomic mass is 10.1. The minimum atomic E-state index is -0.915. The summed E-state index contributed by atoms with van der Waals surface area (Å²) in [5, 5.41) is 5.71. The zero-order chi connectivity index (χ0) is 25.1. The highest BCUT2D eigenvalue weighted by molar-refractivity contribution is 8.14. The number of nitrogens with zero attached hydrogens (tertiary/aromatic N) is 3. The summed E-state index contributed by atoms with van der Waals surface area (Å²) >= 11 is 1.08. The average Bonchev–Trinajstić information content (AvgIpc) is 3.51. The molecule has 0 bridgehead atoms. The van der Waals surface area contributed by atoms with Crippen molar-refractivity contribution in [2.45, 2.75) is 19.0 Å². The molecule has 1 atom stereocenters. The van der Waals surface area contributed by atoms with E-state index < -0.39 is 17.8 Å². The number of fused-ring (bicyclic) bond motifs is 3. The largest absolute Gasteiger partial charge is 0.467 e. The number of anilines is 1. The number of furan rings is 1. The second kappa shape index (κ2) is 10.2. The number of aliphatic imine (C=N–C) groups is 2. The number of rotatable bonds is 7. The van der Waals surface area contributed by atoms with Crippen LogP contribution < -0.4 is 10.6 Å². The maximum atomic E-state index is 13.3. The van der Waals surface area contributed by atoms with Crippen molar-refractivity contribution in [1.29, 1.82) is 0 Å². The molecule has 0 spiro atoms. The first-order valence-electron chi connectivity index (χ1n) is 11.0. The Morgan fingerprint density at radius 2 is 1.86 bits per heavy atom. The Hall–Kier alpha value is -4.25. The standard InChI is InChI=1S/C25H20FN5O4S/c26-15-7-9-16(10-8-15)28-22(33)14-36-25-30-19-6-2-1-5-18(19)23-29-20(24(34)31(23)25)12-21(32)27-13-17-4-3-11-35-17/h1-11,20H,12-14H2,(H,27,32)(H,28,33)/t20-/m1/s1. The van der Waals surface area contributed by atoms with Crippen LogP contribution in [0.25, 0.3) is 0 Å². The lowest BCUT2D eigenvalue weighted by molar-refractivity contribution is -0.128. The van der Waals surface area contributed by atoms with Gasteiger partial charge in [-0.2, -0.15) is 0 Å². The van der Waals surface area contributed by atoms with Gasteiger partial charge in [0.2, 0.25) is 11.8 Å². The molecule has 0 saturated carbocycles. The van der Waals surface area contributed by atoms with Gasteiger partial charge >= 0.3 is 0 Å². The van der Waals surface area contributed by atoms with E-state index in [0.29, 0.717) is 33.7 Å². The molecule has 0 saturated heterocycles. The molecule has 3 aromatic rings. The maximum Gasteiger partial charge on any atom is 0.259 e. The van der Waals surface area contributed by atoms with Crippen molar-refractivity contribution < 1.29 is 23.2 Å². The zero-order valence-corrected chi connectivity index (χ0v) is 19.6. The van der Waals surface area contributed by atoms with E-state index >= 15 is 0 Å². The van der Waals surface area contributed by atoms with Crippen LogP contribution in [-0.2, 0) is 20.9 Å². The van der Waals surface area contributed by atoms with E-state index in [9.17, 15) is 18.8 Å². The van der Waals surface area contributed by atoms with Gasteiger partial charge in [0.05, 0.1) is 30.7 Å². The summed E-state index contributed by atoms with van der Waals surface area (Å²) in [6, 6.07) is 15.2. The summed E-state index contributed by atoms with van der Waals surface area (Å²) in [6.07, 6.45) is 1.38. The van der Waals surface area contributed by atoms with E-state index in [2.05, 4.69) is 20.6 Å². The fraction of sp³-hybridized carbons (Fsp3) is 0.160. The minimum Gasteiger partial charge on any atom is -0.467 e. The molecule has 2 aromatic carbocycles. The van der Waals surface area contributed by atoms with Crippen LogP contribution >= 0.6 is 11.8 Å². The molecule has 9 nitrogen and oxygen atoms in total. The molecule has 3 amide bonds. The molecule has 1 aromatic heterocycles. The highest BCUT2D eigenvalue weighted by atomic mass is 32.2. The second-order valence-corrected chi connectivity index (χ2v) is 8.90. The van der Waals surface area contributed by atoms with E-state index in [1.807, 2.05) is 12.1 Å². The summed E-state index contributed by atoms with van der Waals surface area (Å²) < 4.78 is 18.3. The smallest absolute Gasteiger partial charge is 0.259 e. The molecule has 0 radical (unpaired) electrons. The van der Waals surface area contributed by atoms with Crippen LogP contribution in [0.2, 0.25) is 0 Å². The van der Waals surface area contributed by atoms with Crippen molar-refractivity contribution in [3.8, 4) is 0 Å². The minimum absolute atomic E-state index is 0.0380. The van der Waals surface area contributed by atoms with Crippen molar-refractivity contribution in [2.24, 2.45) is 9.98 Å². The van der Waals surface area contributed by atoms with Crippen LogP contribution in [0.3, 0.4) is 0 Å². The number of carbonyl (C=O) groups is 3. The highest BCUT2D eigenvalue weighted by Gasteiger charge is 2.42. The van der Waals surface area contributed by atoms with Crippen LogP contribution in [-0.4, -0.2) is 45.4 Å². The first-order valence-corrected chi connectivity index (χ1v) is 12.0. The highest BCUT2D eigenvalue weighted by Crippen LogP contribution is 2.34. The van der Waals surface area contributed by atoms with Gasteiger partial charge in [0.1, 0.15) is 23.5 Å². The molecule has 5 rings (SSSR count). The van der Waals surface area contributed by atoms with Crippen molar-refractivity contribution >= 4 is 51.9 Å². The van der Waals surface area contributed by atoms with E-state index in [1.165, 1.54) is 35.4 Å². The maximum absolute atomic E-state index is 13.3. The second-order valence-electron chi connectivity index (χ2n) is 7.96. The SMILES string of the molecule is O=C(C[C@H]1N=C2c3ccccc3N=C(SCC(=O)Nc3ccc(F)cc3)N2C1=O)NCc1ccco1. The van der Waals surface area contributed by atoms with Crippen LogP contribution in [0.15, 0.2) is 81.3 Å². The number of amidine groups is 2. The van der Waals surface area contributed by atoms with Crippen molar-refractivity contribution in [1.82, 2.24) is 10.2 Å². The molecule has 0 fully saturated rings. The molecule has 2 aliphatic heterocycles. The monoisotopic (exact) mass is 505 g/mol. The first kappa shape index (κ1) is 23.5. The van der Waals surface area contributed by atoms with Gasteiger partial charge in [-0.05, 0) is 48.5 Å². The quantitative estimate of drug-likeness (QED) is 0.510. The number of carbonyl (C=O) groups excluding carboxylic acids is 3. The third-order valence-corrected chi connectivity index (χ3v) is 6.37. The van der Waals surface area contributed by atoms with E-state index in [1.54, 1.807) is 24.3 Å². The number of hydrogen-bond donors (Lipinski definition) is 2. The molecule has 0 unspecified atom stereocenters. The summed E-state index contributed by atoms with van der Waals surface area (Å²) in [5.74, 6) is -0.512. The Morgan fingerprint density at radius 3 is 2.64 bits per heavy atom. The van der Waals surface area contributed by atoms with Gasteiger partial charge in [-0.25, -0.2) is 14.3 Å². The fourth-order valence-electron chi connectivity index (χ4n) is 3.74. The number of para-hydroxylation sites is 1. The molecular weight excluding hydrogens is 485 g/mol. The Kier molecular flexibility index (Phi) is 6.63. The average molecular weight is 506 g/mol. The lowest BCUT2D eigenvalue weighted by Gasteiger charge is -2.25. The Morgan fingerprint density at radius 1 is 1.06 bits per heavy atom. The number of hydrogen-bond acceptors (Lipinski definition) is 7. The molecule has 0 aliphatic carbocycles. The molecule has 182 valence electrons. The Labute approximate surface area is 209 Å². The molecule has 3 heterocycles. The van der Waals surface area contributed by atoms with Crippen LogP contribution in [0.5, 0.6) is 0 Å². The number of amides is 3. The molecule has 36 heavy (non-hydrogen) atoms. The van der Waals surface area contributed by atoms with Gasteiger partial charge in [0.25, 0.3) is 5.91 Å². The van der Waals surface area contributed by atoms with Gasteiger partial charge in [-0.15, -0.1) is 0 Å². The van der Waals surface area contributed by atoms with Crippen LogP contribution in [0, 0.1) is 5.82 Å². The predicted molar refractivity (Wildman–Crippen MR) is 133 cm³/mol. The molecule has 2 N–H and O–H groups in total. The van der Waals surface area contributed by atoms with Crippen molar-refractivity contribution in [2.75, 3.05) is 11.1 Å². The van der Waals surface area contributed by atoms with E-state index in [0.717, 1.165) is 11.8 Å². The van der Waals surface area contributed by atoms with Gasteiger partial charge in [0.15, 0.2) is 5.17 Å². The van der Waals surface area contributed by atoms with Gasteiger partial charge in [0, 0.05) is 11.3 Å². The zero-order valence-electron chi connectivity index (χ0n) is 18.8. The van der Waals surface area contributed by atoms with Gasteiger partial charge in [-0.1, -0.05) is 23.9 Å². The summed E-state index contributed by atoms with van der Waals surface area (Å²) in [5.41, 5.74) is 1.74. The van der Waals surface area contributed by atoms with E-state index in [4.69, 9.17) is 4.42 Å². The third kappa shape index (κ3) is 5.05. The molecule has 2 aliphatic rings. The lowest BCUT2D eigenvalue weighted by Crippen LogP contribution is -2.42. The first-order chi connectivity index (χ1) is 17.5. The number of halogens is 1. The van der Waals surface area contributed by atoms with Crippen molar-refractivity contribution in [3.05, 3.63) is 84.1 Å². The van der Waals surface area contributed by atoms with Crippen LogP contribution in [0.1, 0.15) is 17.7 Å². The third-order valence-electron chi connectivity index (χ3n) is 5.43. The van der Waals surface area contributed by atoms with Crippen LogP contribution in [0.4, 0.5) is 15.8 Å². The predicted octanol–water partition coefficient (Wildman–Crippen LogP) is 3.46. The van der Waals surface area contributed by atoms with E-state index in [-0.39, 0.29) is 30.5 Å². The summed E-state index contributed by atoms with van der Waals surface area (Å²) in [6.45, 7) is 0.210. The van der Waals surface area contributed by atoms with Crippen molar-refractivity contribution in [3.63, 3.8) is 0 Å². The van der Waals surface area contributed by atoms with Gasteiger partial charge < -0.3 is 15.1 Å². The number of thioether (sulfide) groups is 1. The summed E-state index contributed by atoms with van der Waals surface area (Å²) in [7, 11) is 0.